The van der Waals surface area contributed by atoms with E-state index in [4.69, 9.17) is 15.0 Å². The highest BCUT2D eigenvalue weighted by atomic mass is 15.1. The van der Waals surface area contributed by atoms with Gasteiger partial charge in [0.2, 0.25) is 0 Å². The summed E-state index contributed by atoms with van der Waals surface area (Å²) in [6.07, 6.45) is 2.29. The molecule has 0 N–H and O–H groups in total. The first-order chi connectivity index (χ1) is 68.9. The third kappa shape index (κ3) is 13.7. The molecule has 0 unspecified atom stereocenters. The lowest BCUT2D eigenvalue weighted by Gasteiger charge is -2.21. The summed E-state index contributed by atoms with van der Waals surface area (Å²) in [7, 11) is 0. The summed E-state index contributed by atoms with van der Waals surface area (Å²) < 4.78 is 7.01. The lowest BCUT2D eigenvalue weighted by molar-refractivity contribution is 0.840. The molecule has 3 heterocycles. The van der Waals surface area contributed by atoms with Gasteiger partial charge in [-0.2, -0.15) is 0 Å². The Morgan fingerprint density at radius 3 is 1.05 bits per heavy atom. The van der Waals surface area contributed by atoms with E-state index in [0.717, 1.165) is 125 Å². The van der Waals surface area contributed by atoms with Crippen LogP contribution in [0.15, 0.2) is 479 Å². The first-order valence-electron chi connectivity index (χ1n) is 48.3. The second-order valence-corrected chi connectivity index (χ2v) is 36.9. The third-order valence-corrected chi connectivity index (χ3v) is 29.1. The zero-order chi connectivity index (χ0) is 91.7. The van der Waals surface area contributed by atoms with Gasteiger partial charge >= 0.3 is 0 Å². The van der Waals surface area contributed by atoms with Crippen LogP contribution >= 0.6 is 0 Å². The largest absolute Gasteiger partial charge is 0.296 e. The topological polar surface area (TPSA) is 53.5 Å². The monoisotopic (exact) mass is 1770 g/mol. The normalized spacial score (nSPS) is 11.9. The molecule has 6 nitrogen and oxygen atoms in total. The fraction of sp³-hybridized carbons (Fsp3) is 0.0301. The van der Waals surface area contributed by atoms with E-state index in [-0.39, 0.29) is 0 Å². The molecule has 0 bridgehead atoms. The van der Waals surface area contributed by atoms with Gasteiger partial charge in [-0.05, 0) is 312 Å². The van der Waals surface area contributed by atoms with Crippen molar-refractivity contribution in [2.45, 2.75) is 26.2 Å². The first kappa shape index (κ1) is 80.7. The molecule has 0 atom stereocenters. The molecule has 0 aliphatic rings. The minimum atomic E-state index is 0.712. The van der Waals surface area contributed by atoms with Crippen LogP contribution in [0.3, 0.4) is 0 Å². The van der Waals surface area contributed by atoms with Gasteiger partial charge in [-0.1, -0.05) is 383 Å². The summed E-state index contributed by atoms with van der Waals surface area (Å²) >= 11 is 0. The Morgan fingerprint density at radius 1 is 0.180 bits per heavy atom. The molecule has 0 fully saturated rings. The quantitative estimate of drug-likeness (QED) is 0.0854. The third-order valence-electron chi connectivity index (χ3n) is 29.1. The number of fused-ring (bicyclic) bond motifs is 12. The highest BCUT2D eigenvalue weighted by Crippen LogP contribution is 2.52. The average Bonchev–Trinajstić information content (AvgIpc) is 1.45. The lowest BCUT2D eigenvalue weighted by atomic mass is 9.82. The van der Waals surface area contributed by atoms with Crippen LogP contribution < -0.4 is 0 Å². The zero-order valence-corrected chi connectivity index (χ0v) is 76.4. The van der Waals surface area contributed by atoms with Crippen LogP contribution in [-0.2, 0) is 19.3 Å². The minimum Gasteiger partial charge on any atom is -0.296 e. The highest BCUT2D eigenvalue weighted by molar-refractivity contribution is 6.27. The fourth-order valence-electron chi connectivity index (χ4n) is 22.6. The van der Waals surface area contributed by atoms with Crippen LogP contribution in [0.5, 0.6) is 0 Å². The molecule has 0 saturated carbocycles. The maximum Gasteiger partial charge on any atom is 0.145 e. The standard InChI is InChI=1S/C133H88N6/c1-2-125-134-119-44-21-23-46-122(119)137(125)103-69-62-93(63-70-103)128-107-37-15-16-38-108(107)129(91-56-50-88(51-57-91)85-26-5-3-6-27-85)116-82-98(67-74-113(116)128)99-68-75-115-118(83-99)131(101-61-55-87-29-10-12-32-96(87)80-101)117-81-97(66-73-114(117)130(115)100-60-54-86-28-9-11-31-95(86)79-100)89-52-58-94(59-53-89)133-136-121-78-84(48-76-124(121)139(133)102-34-7-4-8-35-102)49-77-126-135-120-45-22-24-47-123(120)138(126)104-71-64-92(65-72-104)127-109-39-17-19-41-111(109)132(112-42-20-18-40-110(112)127)106-43-25-33-90-30-13-14-36-105(90)106/h3-48,50-76,78-83H,2,49,77H2,1H3. The second kappa shape index (κ2) is 33.3. The Labute approximate surface area is 804 Å². The van der Waals surface area contributed by atoms with E-state index in [0.29, 0.717) is 6.42 Å². The van der Waals surface area contributed by atoms with E-state index < -0.39 is 0 Å². The van der Waals surface area contributed by atoms with Crippen molar-refractivity contribution in [1.82, 2.24) is 28.7 Å². The average molecular weight is 1770 g/mol. The lowest BCUT2D eigenvalue weighted by Crippen LogP contribution is -2.03. The molecule has 0 aliphatic carbocycles. The molecule has 0 saturated heterocycles. The van der Waals surface area contributed by atoms with Gasteiger partial charge in [-0.3, -0.25) is 13.7 Å². The van der Waals surface area contributed by atoms with Crippen LogP contribution in [0, 0.1) is 0 Å². The van der Waals surface area contributed by atoms with Gasteiger partial charge < -0.3 is 0 Å². The molecule has 27 aromatic rings. The van der Waals surface area contributed by atoms with Crippen molar-refractivity contribution < 1.29 is 0 Å². The Balaban J connectivity index is 0.569. The van der Waals surface area contributed by atoms with Crippen molar-refractivity contribution in [2.75, 3.05) is 0 Å². The van der Waals surface area contributed by atoms with E-state index >= 15 is 0 Å². The minimum absolute atomic E-state index is 0.712. The number of hydrogen-bond acceptors (Lipinski definition) is 3. The number of aryl methyl sites for hydroxylation is 3. The number of hydrogen-bond donors (Lipinski definition) is 0. The van der Waals surface area contributed by atoms with Crippen molar-refractivity contribution in [2.24, 2.45) is 0 Å². The number of rotatable bonds is 17. The first-order valence-corrected chi connectivity index (χ1v) is 48.3. The fourth-order valence-corrected chi connectivity index (χ4v) is 22.6. The smallest absolute Gasteiger partial charge is 0.145 e. The summed E-state index contributed by atoms with van der Waals surface area (Å²) in [4.78, 5) is 16.1. The maximum absolute atomic E-state index is 5.64. The molecule has 27 rings (SSSR count). The molecule has 139 heavy (non-hydrogen) atoms. The van der Waals surface area contributed by atoms with E-state index in [1.165, 1.54) is 164 Å². The summed E-state index contributed by atoms with van der Waals surface area (Å²) in [5.41, 5.74) is 32.8. The van der Waals surface area contributed by atoms with Crippen molar-refractivity contribution in [3.63, 3.8) is 0 Å². The Hall–Kier alpha value is -18.0. The van der Waals surface area contributed by atoms with Gasteiger partial charge in [0.25, 0.3) is 0 Å². The molecule has 0 radical (unpaired) electrons. The molecule has 6 heteroatoms. The van der Waals surface area contributed by atoms with Crippen molar-refractivity contribution in [3.8, 4) is 129 Å². The Morgan fingerprint density at radius 2 is 0.525 bits per heavy atom. The number of nitrogens with zero attached hydrogens (tertiary/aromatic N) is 6. The molecular formula is C133H88N6. The second-order valence-electron chi connectivity index (χ2n) is 36.9. The summed E-state index contributed by atoms with van der Waals surface area (Å²) in [6.45, 7) is 2.19. The van der Waals surface area contributed by atoms with Gasteiger partial charge in [0.05, 0.1) is 33.1 Å². The zero-order valence-electron chi connectivity index (χ0n) is 76.4. The van der Waals surface area contributed by atoms with Gasteiger partial charge in [-0.15, -0.1) is 0 Å². The van der Waals surface area contributed by atoms with Crippen LogP contribution in [-0.4, -0.2) is 28.7 Å². The highest BCUT2D eigenvalue weighted by Gasteiger charge is 2.27. The summed E-state index contributed by atoms with van der Waals surface area (Å²) in [5, 5.41) is 21.7. The predicted molar refractivity (Wildman–Crippen MR) is 585 cm³/mol. The number of aromatic nitrogens is 6. The predicted octanol–water partition coefficient (Wildman–Crippen LogP) is 35.1. The molecule has 24 aromatic carbocycles. The Bertz CT molecular complexity index is 9580. The molecule has 3 aromatic heterocycles. The Kier molecular flexibility index (Phi) is 19.3. The van der Waals surface area contributed by atoms with Crippen LogP contribution in [0.1, 0.15) is 24.1 Å². The van der Waals surface area contributed by atoms with Crippen LogP contribution in [0.25, 0.3) is 259 Å². The van der Waals surface area contributed by atoms with Crippen LogP contribution in [0.2, 0.25) is 0 Å². The number of benzene rings is 24. The van der Waals surface area contributed by atoms with Gasteiger partial charge in [0.1, 0.15) is 17.5 Å². The maximum atomic E-state index is 5.64. The van der Waals surface area contributed by atoms with Crippen molar-refractivity contribution in [3.05, 3.63) is 496 Å². The number of para-hydroxylation sites is 5. The van der Waals surface area contributed by atoms with Gasteiger partial charge in [0.15, 0.2) is 0 Å². The van der Waals surface area contributed by atoms with Gasteiger partial charge in [-0.25, -0.2) is 15.0 Å². The molecule has 0 spiro atoms. The van der Waals surface area contributed by atoms with E-state index in [1.54, 1.807) is 0 Å². The molecule has 0 aliphatic heterocycles. The molecular weight excluding hydrogens is 1680 g/mol. The summed E-state index contributed by atoms with van der Waals surface area (Å²) in [6, 6.07) is 178. The van der Waals surface area contributed by atoms with Crippen molar-refractivity contribution >= 4 is 130 Å². The van der Waals surface area contributed by atoms with Crippen LogP contribution in [0.4, 0.5) is 0 Å². The summed E-state index contributed by atoms with van der Waals surface area (Å²) in [5.74, 6) is 2.92. The van der Waals surface area contributed by atoms with E-state index in [9.17, 15) is 0 Å². The molecule has 0 amide bonds. The van der Waals surface area contributed by atoms with E-state index in [1.807, 2.05) is 0 Å². The van der Waals surface area contributed by atoms with Gasteiger partial charge in [0, 0.05) is 35.5 Å². The molecule has 650 valence electrons. The number of imidazole rings is 3. The SMILES string of the molecule is CCc1nc2ccccc2n1-c1ccc(-c2c3ccccc3c(-c3ccc(-c4ccccc4)cc3)c3cc(-c4ccc5c(-c6ccc7ccccc7c6)c6ccc(-c7ccc(-c8nc9cc(CCc%10nc%11ccccc%11n%10-c%10ccc(-c%11c%12ccccc%12c(-c%12cccc%13ccccc%12%13)c%12ccccc%11%12)cc%10)ccc9n8-c8ccccc8)cc7)cc6c(-c6ccc7ccccc7c6)c5c4)ccc23)cc1. The van der Waals surface area contributed by atoms with E-state index in [2.05, 4.69) is 500 Å². The van der Waals surface area contributed by atoms with Crippen molar-refractivity contribution in [1.29, 1.82) is 0 Å².